The largest absolute Gasteiger partial charge is 0.493 e. The zero-order valence-electron chi connectivity index (χ0n) is 20.5. The topological polar surface area (TPSA) is 113 Å². The van der Waals surface area contributed by atoms with Gasteiger partial charge in [0.1, 0.15) is 28.9 Å². The number of fused-ring (bicyclic) bond motifs is 1. The van der Waals surface area contributed by atoms with E-state index in [-0.39, 0.29) is 23.8 Å². The number of nitriles is 1. The van der Waals surface area contributed by atoms with Gasteiger partial charge in [-0.15, -0.1) is 0 Å². The van der Waals surface area contributed by atoms with Gasteiger partial charge in [-0.05, 0) is 37.1 Å². The Balaban J connectivity index is 1.62. The van der Waals surface area contributed by atoms with Crippen molar-refractivity contribution < 1.29 is 28.5 Å². The van der Waals surface area contributed by atoms with E-state index in [2.05, 4.69) is 6.07 Å². The molecule has 0 amide bonds. The molecule has 36 heavy (non-hydrogen) atoms. The summed E-state index contributed by atoms with van der Waals surface area (Å²) >= 11 is 0. The molecule has 184 valence electrons. The van der Waals surface area contributed by atoms with Gasteiger partial charge >= 0.3 is 5.97 Å². The fraction of sp³-hybridized carbons (Fsp3) is 0.214. The number of carbonyl (C=O) groups excluding carboxylic acids is 1. The molecule has 1 aliphatic rings. The second-order valence-electron chi connectivity index (χ2n) is 8.19. The molecular weight excluding hydrogens is 460 g/mol. The summed E-state index contributed by atoms with van der Waals surface area (Å²) in [7, 11) is 3.07. The Kier molecular flexibility index (Phi) is 7.02. The van der Waals surface area contributed by atoms with Crippen molar-refractivity contribution in [3.63, 3.8) is 0 Å². The average Bonchev–Trinajstić information content (AvgIpc) is 2.86. The van der Waals surface area contributed by atoms with Gasteiger partial charge in [0, 0.05) is 17.2 Å². The standard InChI is InChI=1S/C28H26N2O6/c1-16-7-5-8-17(2)26(16)34-15-24(31)35-18-11-12-19-23(13-18)36-28(30)21(14-29)25(19)20-9-6-10-22(32-3)27(20)33-4/h5-13,25H,15,30H2,1-4H3. The molecule has 8 heteroatoms. The predicted molar refractivity (Wildman–Crippen MR) is 132 cm³/mol. The third-order valence-corrected chi connectivity index (χ3v) is 5.91. The van der Waals surface area contributed by atoms with Gasteiger partial charge in [0.15, 0.2) is 18.1 Å². The SMILES string of the molecule is COc1cccc(C2C(C#N)=C(N)Oc3cc(OC(=O)COc4c(C)cccc4C)ccc32)c1OC. The number of hydrogen-bond donors (Lipinski definition) is 1. The van der Waals surface area contributed by atoms with Crippen LogP contribution in [0.2, 0.25) is 0 Å². The number of aryl methyl sites for hydroxylation is 2. The zero-order chi connectivity index (χ0) is 25.8. The maximum Gasteiger partial charge on any atom is 0.349 e. The molecule has 0 aromatic heterocycles. The first kappa shape index (κ1) is 24.5. The summed E-state index contributed by atoms with van der Waals surface area (Å²) in [4.78, 5) is 12.5. The first-order valence-corrected chi connectivity index (χ1v) is 11.2. The number of hydrogen-bond acceptors (Lipinski definition) is 8. The monoisotopic (exact) mass is 486 g/mol. The van der Waals surface area contributed by atoms with Crippen LogP contribution in [0.25, 0.3) is 0 Å². The fourth-order valence-corrected chi connectivity index (χ4v) is 4.28. The van der Waals surface area contributed by atoms with Gasteiger partial charge in [-0.1, -0.05) is 36.4 Å². The Morgan fingerprint density at radius 2 is 1.72 bits per heavy atom. The first-order valence-electron chi connectivity index (χ1n) is 11.2. The van der Waals surface area contributed by atoms with Crippen molar-refractivity contribution in [1.29, 1.82) is 5.26 Å². The van der Waals surface area contributed by atoms with Crippen molar-refractivity contribution in [2.75, 3.05) is 20.8 Å². The maximum absolute atomic E-state index is 12.5. The molecule has 0 saturated heterocycles. The van der Waals surface area contributed by atoms with Crippen LogP contribution >= 0.6 is 0 Å². The molecular formula is C28H26N2O6. The minimum absolute atomic E-state index is 0.0401. The smallest absolute Gasteiger partial charge is 0.349 e. The highest BCUT2D eigenvalue weighted by atomic mass is 16.6. The van der Waals surface area contributed by atoms with Crippen LogP contribution in [-0.2, 0) is 4.79 Å². The van der Waals surface area contributed by atoms with Gasteiger partial charge in [0.05, 0.1) is 20.1 Å². The van der Waals surface area contributed by atoms with Crippen molar-refractivity contribution in [2.24, 2.45) is 5.73 Å². The van der Waals surface area contributed by atoms with E-state index in [0.717, 1.165) is 11.1 Å². The molecule has 1 atom stereocenters. The predicted octanol–water partition coefficient (Wildman–Crippen LogP) is 4.52. The Morgan fingerprint density at radius 3 is 2.39 bits per heavy atom. The van der Waals surface area contributed by atoms with E-state index in [0.29, 0.717) is 34.1 Å². The third-order valence-electron chi connectivity index (χ3n) is 5.91. The van der Waals surface area contributed by atoms with Crippen LogP contribution in [0.3, 0.4) is 0 Å². The summed E-state index contributed by atoms with van der Waals surface area (Å²) in [6.45, 7) is 3.57. The molecule has 1 unspecified atom stereocenters. The van der Waals surface area contributed by atoms with Gasteiger partial charge in [0.2, 0.25) is 5.88 Å². The number of esters is 1. The fourth-order valence-electron chi connectivity index (χ4n) is 4.28. The number of nitrogens with zero attached hydrogens (tertiary/aromatic N) is 1. The van der Waals surface area contributed by atoms with Crippen LogP contribution in [0.15, 0.2) is 66.1 Å². The lowest BCUT2D eigenvalue weighted by Crippen LogP contribution is -2.22. The summed E-state index contributed by atoms with van der Waals surface area (Å²) in [6, 6.07) is 18.2. The molecule has 1 heterocycles. The van der Waals surface area contributed by atoms with Gasteiger partial charge in [0.25, 0.3) is 0 Å². The van der Waals surface area contributed by atoms with Crippen LogP contribution in [0.4, 0.5) is 0 Å². The van der Waals surface area contributed by atoms with E-state index in [1.54, 1.807) is 31.4 Å². The minimum atomic E-state index is -0.569. The zero-order valence-corrected chi connectivity index (χ0v) is 20.5. The molecule has 0 radical (unpaired) electrons. The number of nitrogens with two attached hydrogens (primary N) is 1. The molecule has 4 rings (SSSR count). The highest BCUT2D eigenvalue weighted by molar-refractivity contribution is 5.74. The highest BCUT2D eigenvalue weighted by Crippen LogP contribution is 2.47. The summed E-state index contributed by atoms with van der Waals surface area (Å²) in [5.41, 5.74) is 9.57. The van der Waals surface area contributed by atoms with Crippen LogP contribution in [-0.4, -0.2) is 26.8 Å². The van der Waals surface area contributed by atoms with Gasteiger partial charge < -0.3 is 29.4 Å². The van der Waals surface area contributed by atoms with Crippen molar-refractivity contribution in [1.82, 2.24) is 0 Å². The molecule has 0 aliphatic carbocycles. The lowest BCUT2D eigenvalue weighted by Gasteiger charge is -2.28. The molecule has 0 saturated carbocycles. The highest BCUT2D eigenvalue weighted by Gasteiger charge is 2.33. The van der Waals surface area contributed by atoms with E-state index in [9.17, 15) is 10.1 Å². The molecule has 0 bridgehead atoms. The number of para-hydroxylation sites is 2. The summed E-state index contributed by atoms with van der Waals surface area (Å²) in [5.74, 6) is 1.10. The Bertz CT molecular complexity index is 1370. The number of rotatable bonds is 7. The number of allylic oxidation sites excluding steroid dienone is 1. The lowest BCUT2D eigenvalue weighted by molar-refractivity contribution is -0.136. The molecule has 0 spiro atoms. The Morgan fingerprint density at radius 1 is 1.00 bits per heavy atom. The van der Waals surface area contributed by atoms with E-state index < -0.39 is 11.9 Å². The van der Waals surface area contributed by atoms with Crippen molar-refractivity contribution in [2.45, 2.75) is 19.8 Å². The molecule has 8 nitrogen and oxygen atoms in total. The first-order chi connectivity index (χ1) is 17.4. The van der Waals surface area contributed by atoms with Crippen LogP contribution in [0, 0.1) is 25.2 Å². The van der Waals surface area contributed by atoms with Crippen molar-refractivity contribution in [3.05, 3.63) is 88.3 Å². The van der Waals surface area contributed by atoms with E-state index in [1.165, 1.54) is 7.11 Å². The number of methoxy groups -OCH3 is 2. The number of carbonyl (C=O) groups is 1. The van der Waals surface area contributed by atoms with Crippen molar-refractivity contribution >= 4 is 5.97 Å². The molecule has 1 aliphatic heterocycles. The Hall–Kier alpha value is -4.64. The van der Waals surface area contributed by atoms with Gasteiger partial charge in [-0.3, -0.25) is 0 Å². The summed E-state index contributed by atoms with van der Waals surface area (Å²) in [6.07, 6.45) is 0. The Labute approximate surface area is 209 Å². The second kappa shape index (κ2) is 10.3. The average molecular weight is 487 g/mol. The van der Waals surface area contributed by atoms with Crippen LogP contribution in [0.5, 0.6) is 28.7 Å². The molecule has 2 N–H and O–H groups in total. The van der Waals surface area contributed by atoms with E-state index in [4.69, 9.17) is 29.4 Å². The number of benzene rings is 3. The maximum atomic E-state index is 12.5. The van der Waals surface area contributed by atoms with Crippen molar-refractivity contribution in [3.8, 4) is 34.8 Å². The summed E-state index contributed by atoms with van der Waals surface area (Å²) in [5, 5.41) is 9.85. The van der Waals surface area contributed by atoms with Gasteiger partial charge in [-0.25, -0.2) is 4.79 Å². The van der Waals surface area contributed by atoms with Crippen LogP contribution in [0.1, 0.15) is 28.2 Å². The normalized spacial score (nSPS) is 14.2. The van der Waals surface area contributed by atoms with E-state index >= 15 is 0 Å². The van der Waals surface area contributed by atoms with Crippen LogP contribution < -0.4 is 29.4 Å². The quantitative estimate of drug-likeness (QED) is 0.383. The second-order valence-corrected chi connectivity index (χ2v) is 8.19. The third kappa shape index (κ3) is 4.64. The molecule has 0 fully saturated rings. The minimum Gasteiger partial charge on any atom is -0.493 e. The molecule has 3 aromatic rings. The van der Waals surface area contributed by atoms with E-state index in [1.807, 2.05) is 44.2 Å². The molecule has 3 aromatic carbocycles. The van der Waals surface area contributed by atoms with Gasteiger partial charge in [-0.2, -0.15) is 5.26 Å². The number of ether oxygens (including phenoxy) is 5. The summed E-state index contributed by atoms with van der Waals surface area (Å²) < 4.78 is 27.9. The lowest BCUT2D eigenvalue weighted by atomic mass is 9.83.